The Morgan fingerprint density at radius 2 is 1.64 bits per heavy atom. The van der Waals surface area contributed by atoms with Crippen LogP contribution in [-0.2, 0) is 17.8 Å². The van der Waals surface area contributed by atoms with Gasteiger partial charge in [0.1, 0.15) is 6.04 Å². The van der Waals surface area contributed by atoms with Gasteiger partial charge in [-0.2, -0.15) is 0 Å². The molecule has 3 aromatic rings. The SMILES string of the molecule is COc1ccc(CCNC(=O)C2c3ccccc3C(=O)N2Cc2ccc(C)cc2)cc1OC. The Labute approximate surface area is 194 Å². The summed E-state index contributed by atoms with van der Waals surface area (Å²) in [6.45, 7) is 2.84. The van der Waals surface area contributed by atoms with Crippen LogP contribution in [0, 0.1) is 6.92 Å². The highest BCUT2D eigenvalue weighted by Crippen LogP contribution is 2.35. The minimum absolute atomic E-state index is 0.119. The van der Waals surface area contributed by atoms with E-state index in [1.54, 1.807) is 25.2 Å². The van der Waals surface area contributed by atoms with Crippen molar-refractivity contribution in [2.24, 2.45) is 0 Å². The van der Waals surface area contributed by atoms with Crippen molar-refractivity contribution in [3.8, 4) is 11.5 Å². The molecule has 6 nitrogen and oxygen atoms in total. The number of carbonyl (C=O) groups is 2. The summed E-state index contributed by atoms with van der Waals surface area (Å²) in [5.74, 6) is 1.02. The Kier molecular flexibility index (Phi) is 6.63. The number of ether oxygens (including phenoxy) is 2. The molecule has 0 saturated heterocycles. The van der Waals surface area contributed by atoms with Crippen molar-refractivity contribution in [3.05, 3.63) is 94.5 Å². The third kappa shape index (κ3) is 4.70. The van der Waals surface area contributed by atoms with Crippen molar-refractivity contribution < 1.29 is 19.1 Å². The van der Waals surface area contributed by atoms with E-state index in [1.807, 2.05) is 67.6 Å². The lowest BCUT2D eigenvalue weighted by Crippen LogP contribution is -2.39. The minimum atomic E-state index is -0.652. The lowest BCUT2D eigenvalue weighted by atomic mass is 10.0. The maximum absolute atomic E-state index is 13.3. The van der Waals surface area contributed by atoms with Crippen LogP contribution in [0.3, 0.4) is 0 Å². The molecule has 1 N–H and O–H groups in total. The van der Waals surface area contributed by atoms with Crippen molar-refractivity contribution in [2.45, 2.75) is 25.9 Å². The highest BCUT2D eigenvalue weighted by molar-refractivity contribution is 6.04. The predicted molar refractivity (Wildman–Crippen MR) is 126 cm³/mol. The smallest absolute Gasteiger partial charge is 0.255 e. The average Bonchev–Trinajstić information content (AvgIpc) is 3.12. The Hall–Kier alpha value is -3.80. The second kappa shape index (κ2) is 9.77. The zero-order chi connectivity index (χ0) is 23.4. The highest BCUT2D eigenvalue weighted by Gasteiger charge is 2.40. The van der Waals surface area contributed by atoms with E-state index in [0.29, 0.717) is 36.6 Å². The van der Waals surface area contributed by atoms with Crippen molar-refractivity contribution in [1.82, 2.24) is 10.2 Å². The molecule has 1 atom stereocenters. The number of fused-ring (bicyclic) bond motifs is 1. The van der Waals surface area contributed by atoms with Gasteiger partial charge in [-0.05, 0) is 48.2 Å². The van der Waals surface area contributed by atoms with E-state index in [0.717, 1.165) is 22.3 Å². The number of carbonyl (C=O) groups excluding carboxylic acids is 2. The van der Waals surface area contributed by atoms with Crippen molar-refractivity contribution in [1.29, 1.82) is 0 Å². The van der Waals surface area contributed by atoms with E-state index in [1.165, 1.54) is 0 Å². The first kappa shape index (κ1) is 22.4. The molecule has 6 heteroatoms. The van der Waals surface area contributed by atoms with Crippen LogP contribution in [0.25, 0.3) is 0 Å². The van der Waals surface area contributed by atoms with Gasteiger partial charge in [0.25, 0.3) is 5.91 Å². The zero-order valence-electron chi connectivity index (χ0n) is 19.1. The molecule has 0 fully saturated rings. The fourth-order valence-electron chi connectivity index (χ4n) is 4.17. The van der Waals surface area contributed by atoms with E-state index >= 15 is 0 Å². The molecule has 1 unspecified atom stereocenters. The zero-order valence-corrected chi connectivity index (χ0v) is 19.1. The standard InChI is InChI=1S/C27H28N2O4/c1-18-8-10-20(11-9-18)17-29-25(21-6-4-5-7-22(21)27(29)31)26(30)28-15-14-19-12-13-23(32-2)24(16-19)33-3/h4-13,16,25H,14-15,17H2,1-3H3,(H,28,30). The number of nitrogens with one attached hydrogen (secondary N) is 1. The van der Waals surface area contributed by atoms with Crippen LogP contribution < -0.4 is 14.8 Å². The lowest BCUT2D eigenvalue weighted by molar-refractivity contribution is -0.125. The van der Waals surface area contributed by atoms with Gasteiger partial charge in [0.15, 0.2) is 11.5 Å². The quantitative estimate of drug-likeness (QED) is 0.569. The summed E-state index contributed by atoms with van der Waals surface area (Å²) < 4.78 is 10.6. The number of rotatable bonds is 8. The third-order valence-electron chi connectivity index (χ3n) is 5.94. The third-order valence-corrected chi connectivity index (χ3v) is 5.94. The summed E-state index contributed by atoms with van der Waals surface area (Å²) in [6, 6.07) is 20.4. The molecule has 4 rings (SSSR count). The van der Waals surface area contributed by atoms with Crippen LogP contribution in [-0.4, -0.2) is 37.5 Å². The molecule has 0 spiro atoms. The number of hydrogen-bond acceptors (Lipinski definition) is 4. The fraction of sp³-hybridized carbons (Fsp3) is 0.259. The average molecular weight is 445 g/mol. The summed E-state index contributed by atoms with van der Waals surface area (Å²) in [5.41, 5.74) is 4.50. The molecular weight excluding hydrogens is 416 g/mol. The molecular formula is C27H28N2O4. The molecule has 1 heterocycles. The molecule has 170 valence electrons. The van der Waals surface area contributed by atoms with E-state index in [9.17, 15) is 9.59 Å². The normalized spacial score (nSPS) is 14.7. The molecule has 33 heavy (non-hydrogen) atoms. The van der Waals surface area contributed by atoms with Gasteiger partial charge in [0.2, 0.25) is 5.91 Å². The minimum Gasteiger partial charge on any atom is -0.493 e. The maximum atomic E-state index is 13.3. The van der Waals surface area contributed by atoms with Crippen LogP contribution >= 0.6 is 0 Å². The largest absolute Gasteiger partial charge is 0.493 e. The summed E-state index contributed by atoms with van der Waals surface area (Å²) >= 11 is 0. The Morgan fingerprint density at radius 1 is 0.939 bits per heavy atom. The monoisotopic (exact) mass is 444 g/mol. The second-order valence-electron chi connectivity index (χ2n) is 8.14. The molecule has 1 aliphatic heterocycles. The summed E-state index contributed by atoms with van der Waals surface area (Å²) in [7, 11) is 3.20. The molecule has 2 amide bonds. The number of nitrogens with zero attached hydrogens (tertiary/aromatic N) is 1. The van der Waals surface area contributed by atoms with Crippen LogP contribution in [0.5, 0.6) is 11.5 Å². The van der Waals surface area contributed by atoms with E-state index < -0.39 is 6.04 Å². The van der Waals surface area contributed by atoms with Crippen LogP contribution in [0.2, 0.25) is 0 Å². The highest BCUT2D eigenvalue weighted by atomic mass is 16.5. The lowest BCUT2D eigenvalue weighted by Gasteiger charge is -2.25. The molecule has 0 aromatic heterocycles. The first-order valence-electron chi connectivity index (χ1n) is 11.0. The van der Waals surface area contributed by atoms with Crippen LogP contribution in [0.15, 0.2) is 66.7 Å². The number of methoxy groups -OCH3 is 2. The molecule has 3 aromatic carbocycles. The molecule has 0 radical (unpaired) electrons. The van der Waals surface area contributed by atoms with Gasteiger partial charge in [0, 0.05) is 18.7 Å². The fourth-order valence-corrected chi connectivity index (χ4v) is 4.17. The van der Waals surface area contributed by atoms with Gasteiger partial charge in [-0.25, -0.2) is 0 Å². The van der Waals surface area contributed by atoms with Crippen LogP contribution in [0.4, 0.5) is 0 Å². The molecule has 0 saturated carbocycles. The van der Waals surface area contributed by atoms with Gasteiger partial charge in [0.05, 0.1) is 14.2 Å². The Morgan fingerprint density at radius 3 is 2.36 bits per heavy atom. The second-order valence-corrected chi connectivity index (χ2v) is 8.14. The number of amides is 2. The number of benzene rings is 3. The molecule has 1 aliphatic rings. The van der Waals surface area contributed by atoms with Crippen LogP contribution in [0.1, 0.15) is 38.7 Å². The Balaban J connectivity index is 1.49. The van der Waals surface area contributed by atoms with Gasteiger partial charge in [-0.15, -0.1) is 0 Å². The maximum Gasteiger partial charge on any atom is 0.255 e. The van der Waals surface area contributed by atoms with Gasteiger partial charge in [-0.3, -0.25) is 9.59 Å². The first-order valence-corrected chi connectivity index (χ1v) is 11.0. The van der Waals surface area contributed by atoms with Crippen molar-refractivity contribution >= 4 is 11.8 Å². The first-order chi connectivity index (χ1) is 16.0. The van der Waals surface area contributed by atoms with E-state index in [4.69, 9.17) is 9.47 Å². The number of hydrogen-bond donors (Lipinski definition) is 1. The summed E-state index contributed by atoms with van der Waals surface area (Å²) in [5, 5.41) is 3.02. The van der Waals surface area contributed by atoms with Gasteiger partial charge in [-0.1, -0.05) is 54.1 Å². The van der Waals surface area contributed by atoms with E-state index in [-0.39, 0.29) is 11.8 Å². The predicted octanol–water partition coefficient (Wildman–Crippen LogP) is 4.07. The Bertz CT molecular complexity index is 1160. The summed E-state index contributed by atoms with van der Waals surface area (Å²) in [4.78, 5) is 28.1. The topological polar surface area (TPSA) is 67.9 Å². The van der Waals surface area contributed by atoms with Crippen molar-refractivity contribution in [3.63, 3.8) is 0 Å². The van der Waals surface area contributed by atoms with Crippen molar-refractivity contribution in [2.75, 3.05) is 20.8 Å². The van der Waals surface area contributed by atoms with Gasteiger partial charge >= 0.3 is 0 Å². The van der Waals surface area contributed by atoms with Gasteiger partial charge < -0.3 is 19.7 Å². The molecule has 0 aliphatic carbocycles. The summed E-state index contributed by atoms with van der Waals surface area (Å²) in [6.07, 6.45) is 0.631. The number of aryl methyl sites for hydroxylation is 1. The van der Waals surface area contributed by atoms with E-state index in [2.05, 4.69) is 5.32 Å². The molecule has 0 bridgehead atoms.